The average molecular weight is 283 g/mol. The first kappa shape index (κ1) is 13.1. The Balaban J connectivity index is 2.22. The molecule has 1 heterocycles. The Morgan fingerprint density at radius 2 is 2.06 bits per heavy atom. The van der Waals surface area contributed by atoms with E-state index in [-0.39, 0.29) is 0 Å². The molecule has 0 bridgehead atoms. The van der Waals surface area contributed by atoms with Gasteiger partial charge in [-0.15, -0.1) is 0 Å². The van der Waals surface area contributed by atoms with Crippen LogP contribution >= 0.6 is 23.2 Å². The van der Waals surface area contributed by atoms with Crippen molar-refractivity contribution in [1.82, 2.24) is 10.3 Å². The van der Waals surface area contributed by atoms with Crippen molar-refractivity contribution in [3.8, 4) is 11.5 Å². The van der Waals surface area contributed by atoms with Gasteiger partial charge in [0.1, 0.15) is 11.5 Å². The Bertz CT molecular complexity index is 546. The molecule has 1 aromatic heterocycles. The number of nitrogens with one attached hydrogen (secondary N) is 1. The first-order valence-corrected chi connectivity index (χ1v) is 6.17. The lowest BCUT2D eigenvalue weighted by atomic mass is 10.3. The number of hydrogen-bond acceptors (Lipinski definition) is 3. The fourth-order valence-electron chi connectivity index (χ4n) is 1.48. The highest BCUT2D eigenvalue weighted by atomic mass is 35.5. The van der Waals surface area contributed by atoms with E-state index in [0.717, 1.165) is 5.69 Å². The van der Waals surface area contributed by atoms with Crippen LogP contribution in [-0.2, 0) is 6.54 Å². The second kappa shape index (κ2) is 6.05. The van der Waals surface area contributed by atoms with Crippen LogP contribution in [0.25, 0.3) is 0 Å². The van der Waals surface area contributed by atoms with Gasteiger partial charge in [-0.3, -0.25) is 4.98 Å². The molecule has 18 heavy (non-hydrogen) atoms. The number of hydrogen-bond donors (Lipinski definition) is 1. The molecule has 5 heteroatoms. The molecule has 1 aromatic carbocycles. The van der Waals surface area contributed by atoms with Gasteiger partial charge in [0.25, 0.3) is 0 Å². The summed E-state index contributed by atoms with van der Waals surface area (Å²) in [4.78, 5) is 4.21. The Labute approximate surface area is 116 Å². The largest absolute Gasteiger partial charge is 0.456 e. The van der Waals surface area contributed by atoms with Gasteiger partial charge in [-0.1, -0.05) is 23.2 Å². The number of ether oxygens (including phenoxy) is 1. The number of aromatic nitrogens is 1. The summed E-state index contributed by atoms with van der Waals surface area (Å²) in [7, 11) is 1.86. The number of rotatable bonds is 4. The third-order valence-electron chi connectivity index (χ3n) is 2.27. The van der Waals surface area contributed by atoms with Gasteiger partial charge in [0.2, 0.25) is 0 Å². The Hall–Kier alpha value is -1.29. The number of halogens is 2. The van der Waals surface area contributed by atoms with Crippen LogP contribution in [0, 0.1) is 0 Å². The molecule has 0 saturated carbocycles. The standard InChI is InChI=1S/C13H12Cl2N2O/c1-16-8-10-7-11(4-5-17-10)18-13-6-9(14)2-3-12(13)15/h2-7,16H,8H2,1H3. The van der Waals surface area contributed by atoms with E-state index in [1.165, 1.54) is 0 Å². The van der Waals surface area contributed by atoms with Crippen LogP contribution in [0.2, 0.25) is 10.0 Å². The fourth-order valence-corrected chi connectivity index (χ4v) is 1.80. The molecule has 0 spiro atoms. The maximum atomic E-state index is 6.04. The second-order valence-corrected chi connectivity index (χ2v) is 4.53. The maximum absolute atomic E-state index is 6.04. The zero-order valence-corrected chi connectivity index (χ0v) is 11.3. The molecule has 94 valence electrons. The average Bonchev–Trinajstić information content (AvgIpc) is 2.35. The van der Waals surface area contributed by atoms with Crippen molar-refractivity contribution in [1.29, 1.82) is 0 Å². The molecule has 2 aromatic rings. The predicted octanol–water partition coefficient (Wildman–Crippen LogP) is 3.90. The van der Waals surface area contributed by atoms with Gasteiger partial charge >= 0.3 is 0 Å². The molecule has 2 rings (SSSR count). The third-order valence-corrected chi connectivity index (χ3v) is 2.81. The zero-order valence-electron chi connectivity index (χ0n) is 9.78. The summed E-state index contributed by atoms with van der Waals surface area (Å²) >= 11 is 11.9. The summed E-state index contributed by atoms with van der Waals surface area (Å²) in [6.07, 6.45) is 1.69. The van der Waals surface area contributed by atoms with Crippen LogP contribution in [0.1, 0.15) is 5.69 Å². The molecule has 0 atom stereocenters. The van der Waals surface area contributed by atoms with Gasteiger partial charge in [-0.25, -0.2) is 0 Å². The van der Waals surface area contributed by atoms with Gasteiger partial charge in [0.15, 0.2) is 0 Å². The topological polar surface area (TPSA) is 34.1 Å². The Morgan fingerprint density at radius 1 is 1.22 bits per heavy atom. The van der Waals surface area contributed by atoms with Crippen LogP contribution in [-0.4, -0.2) is 12.0 Å². The van der Waals surface area contributed by atoms with E-state index >= 15 is 0 Å². The van der Waals surface area contributed by atoms with Crippen molar-refractivity contribution < 1.29 is 4.74 Å². The van der Waals surface area contributed by atoms with Crippen molar-refractivity contribution in [3.05, 3.63) is 52.3 Å². The number of nitrogens with zero attached hydrogens (tertiary/aromatic N) is 1. The van der Waals surface area contributed by atoms with Gasteiger partial charge < -0.3 is 10.1 Å². The van der Waals surface area contributed by atoms with Crippen molar-refractivity contribution in [3.63, 3.8) is 0 Å². The highest BCUT2D eigenvalue weighted by molar-refractivity contribution is 6.34. The summed E-state index contributed by atoms with van der Waals surface area (Å²) < 4.78 is 5.69. The van der Waals surface area contributed by atoms with E-state index in [1.807, 2.05) is 13.1 Å². The van der Waals surface area contributed by atoms with Gasteiger partial charge in [-0.2, -0.15) is 0 Å². The number of benzene rings is 1. The van der Waals surface area contributed by atoms with Crippen LogP contribution in [0.15, 0.2) is 36.5 Å². The van der Waals surface area contributed by atoms with Crippen LogP contribution in [0.3, 0.4) is 0 Å². The van der Waals surface area contributed by atoms with Gasteiger partial charge in [0.05, 0.1) is 10.7 Å². The van der Waals surface area contributed by atoms with E-state index in [0.29, 0.717) is 28.1 Å². The Morgan fingerprint density at radius 3 is 2.83 bits per heavy atom. The van der Waals surface area contributed by atoms with Crippen LogP contribution in [0.4, 0.5) is 0 Å². The normalized spacial score (nSPS) is 10.4. The molecule has 0 fully saturated rings. The Kier molecular flexibility index (Phi) is 4.42. The second-order valence-electron chi connectivity index (χ2n) is 3.69. The molecule has 3 nitrogen and oxygen atoms in total. The molecule has 0 aliphatic rings. The number of pyridine rings is 1. The third kappa shape index (κ3) is 3.35. The van der Waals surface area contributed by atoms with E-state index in [9.17, 15) is 0 Å². The minimum Gasteiger partial charge on any atom is -0.456 e. The highest BCUT2D eigenvalue weighted by Gasteiger charge is 2.05. The smallest absolute Gasteiger partial charge is 0.147 e. The van der Waals surface area contributed by atoms with E-state index in [4.69, 9.17) is 27.9 Å². The molecular weight excluding hydrogens is 271 g/mol. The summed E-state index contributed by atoms with van der Waals surface area (Å²) in [5.74, 6) is 1.21. The fraction of sp³-hybridized carbons (Fsp3) is 0.154. The maximum Gasteiger partial charge on any atom is 0.147 e. The quantitative estimate of drug-likeness (QED) is 0.924. The molecule has 0 aliphatic heterocycles. The van der Waals surface area contributed by atoms with Crippen LogP contribution in [0.5, 0.6) is 11.5 Å². The first-order valence-electron chi connectivity index (χ1n) is 5.41. The van der Waals surface area contributed by atoms with Gasteiger partial charge in [0, 0.05) is 29.9 Å². The van der Waals surface area contributed by atoms with Crippen molar-refractivity contribution in [2.75, 3.05) is 7.05 Å². The SMILES string of the molecule is CNCc1cc(Oc2cc(Cl)ccc2Cl)ccn1. The molecule has 0 radical (unpaired) electrons. The summed E-state index contributed by atoms with van der Waals surface area (Å²) in [5.41, 5.74) is 0.896. The zero-order chi connectivity index (χ0) is 13.0. The molecular formula is C13H12Cl2N2O. The van der Waals surface area contributed by atoms with Crippen LogP contribution < -0.4 is 10.1 Å². The molecule has 0 unspecified atom stereocenters. The van der Waals surface area contributed by atoms with E-state index < -0.39 is 0 Å². The lowest BCUT2D eigenvalue weighted by Crippen LogP contribution is -2.06. The molecule has 0 amide bonds. The summed E-state index contributed by atoms with van der Waals surface area (Å²) in [6, 6.07) is 8.73. The molecule has 0 saturated heterocycles. The van der Waals surface area contributed by atoms with E-state index in [1.54, 1.807) is 30.5 Å². The predicted molar refractivity (Wildman–Crippen MR) is 73.5 cm³/mol. The molecule has 0 aliphatic carbocycles. The monoisotopic (exact) mass is 282 g/mol. The lowest BCUT2D eigenvalue weighted by Gasteiger charge is -2.09. The molecule has 1 N–H and O–H groups in total. The lowest BCUT2D eigenvalue weighted by molar-refractivity contribution is 0.481. The van der Waals surface area contributed by atoms with Gasteiger partial charge in [-0.05, 0) is 25.2 Å². The van der Waals surface area contributed by atoms with Crippen molar-refractivity contribution in [2.24, 2.45) is 0 Å². The van der Waals surface area contributed by atoms with Crippen molar-refractivity contribution >= 4 is 23.2 Å². The minimum absolute atomic E-state index is 0.520. The summed E-state index contributed by atoms with van der Waals surface area (Å²) in [5, 5.41) is 4.13. The minimum atomic E-state index is 0.520. The van der Waals surface area contributed by atoms with Crippen molar-refractivity contribution in [2.45, 2.75) is 6.54 Å². The van der Waals surface area contributed by atoms with E-state index in [2.05, 4.69) is 10.3 Å². The highest BCUT2D eigenvalue weighted by Crippen LogP contribution is 2.31. The summed E-state index contributed by atoms with van der Waals surface area (Å²) in [6.45, 7) is 0.681. The first-order chi connectivity index (χ1) is 8.69.